The fourth-order valence-electron chi connectivity index (χ4n) is 2.02. The number of aromatic nitrogens is 4. The molecule has 5 nitrogen and oxygen atoms in total. The van der Waals surface area contributed by atoms with E-state index in [1.54, 1.807) is 11.0 Å². The number of aryl methyl sites for hydroxylation is 1. The summed E-state index contributed by atoms with van der Waals surface area (Å²) < 4.78 is 1.71. The lowest BCUT2D eigenvalue weighted by atomic mass is 10.1. The Morgan fingerprint density at radius 1 is 1.16 bits per heavy atom. The molecule has 0 fully saturated rings. The second-order valence-electron chi connectivity index (χ2n) is 4.47. The Bertz CT molecular complexity index is 689. The maximum Gasteiger partial charge on any atom is 0.164 e. The predicted molar refractivity (Wildman–Crippen MR) is 73.3 cm³/mol. The summed E-state index contributed by atoms with van der Waals surface area (Å²) in [7, 11) is 1.87. The van der Waals surface area contributed by atoms with Gasteiger partial charge in [0, 0.05) is 25.2 Å². The van der Waals surface area contributed by atoms with Crippen molar-refractivity contribution in [3.63, 3.8) is 0 Å². The molecule has 5 heteroatoms. The molecule has 2 heterocycles. The van der Waals surface area contributed by atoms with E-state index in [2.05, 4.69) is 38.6 Å². The van der Waals surface area contributed by atoms with E-state index < -0.39 is 0 Å². The van der Waals surface area contributed by atoms with E-state index >= 15 is 0 Å². The highest BCUT2D eigenvalue weighted by Crippen LogP contribution is 2.13. The van der Waals surface area contributed by atoms with Gasteiger partial charge in [0.2, 0.25) is 0 Å². The van der Waals surface area contributed by atoms with Crippen LogP contribution in [0.15, 0.2) is 42.9 Å². The van der Waals surface area contributed by atoms with Crippen LogP contribution in [0, 0.1) is 0 Å². The molecular formula is C14H15N5. The molecule has 0 aliphatic heterocycles. The van der Waals surface area contributed by atoms with Crippen LogP contribution in [-0.2, 0) is 20.1 Å². The second kappa shape index (κ2) is 5.16. The van der Waals surface area contributed by atoms with Crippen LogP contribution in [0.4, 0.5) is 0 Å². The number of nitrogens with one attached hydrogen (secondary N) is 1. The largest absolute Gasteiger partial charge is 0.306 e. The molecule has 0 atom stereocenters. The van der Waals surface area contributed by atoms with E-state index in [9.17, 15) is 0 Å². The summed E-state index contributed by atoms with van der Waals surface area (Å²) in [5.74, 6) is 0.810. The normalized spacial score (nSPS) is 11.0. The molecule has 0 radical (unpaired) electrons. The zero-order chi connectivity index (χ0) is 13.1. The van der Waals surface area contributed by atoms with Crippen molar-refractivity contribution in [2.24, 2.45) is 7.05 Å². The first-order valence-electron chi connectivity index (χ1n) is 6.20. The minimum Gasteiger partial charge on any atom is -0.306 e. The van der Waals surface area contributed by atoms with Gasteiger partial charge in [0.15, 0.2) is 5.82 Å². The first-order chi connectivity index (χ1) is 9.31. The SMILES string of the molecule is Cn1cnc(CNCc2ccc3ncccc3c2)n1. The van der Waals surface area contributed by atoms with Crippen LogP contribution in [0.1, 0.15) is 11.4 Å². The summed E-state index contributed by atoms with van der Waals surface area (Å²) in [6, 6.07) is 10.3. The van der Waals surface area contributed by atoms with E-state index in [4.69, 9.17) is 0 Å². The highest BCUT2D eigenvalue weighted by molar-refractivity contribution is 5.78. The lowest BCUT2D eigenvalue weighted by Crippen LogP contribution is -2.14. The van der Waals surface area contributed by atoms with Gasteiger partial charge in [-0.3, -0.25) is 9.67 Å². The van der Waals surface area contributed by atoms with Gasteiger partial charge in [0.25, 0.3) is 0 Å². The Balaban J connectivity index is 1.65. The van der Waals surface area contributed by atoms with Crippen LogP contribution < -0.4 is 5.32 Å². The van der Waals surface area contributed by atoms with Crippen molar-refractivity contribution in [2.45, 2.75) is 13.1 Å². The van der Waals surface area contributed by atoms with Crippen molar-refractivity contribution in [2.75, 3.05) is 0 Å². The molecule has 0 aliphatic carbocycles. The Morgan fingerprint density at radius 2 is 2.11 bits per heavy atom. The van der Waals surface area contributed by atoms with E-state index in [1.807, 2.05) is 25.4 Å². The molecule has 0 saturated heterocycles. The Labute approximate surface area is 111 Å². The monoisotopic (exact) mass is 253 g/mol. The van der Waals surface area contributed by atoms with Gasteiger partial charge in [0.05, 0.1) is 12.1 Å². The van der Waals surface area contributed by atoms with Gasteiger partial charge in [-0.15, -0.1) is 0 Å². The van der Waals surface area contributed by atoms with E-state index in [0.29, 0.717) is 6.54 Å². The van der Waals surface area contributed by atoms with Crippen LogP contribution in [0.5, 0.6) is 0 Å². The maximum absolute atomic E-state index is 4.31. The number of fused-ring (bicyclic) bond motifs is 1. The van der Waals surface area contributed by atoms with Crippen LogP contribution in [0.25, 0.3) is 10.9 Å². The molecular weight excluding hydrogens is 238 g/mol. The van der Waals surface area contributed by atoms with Gasteiger partial charge in [-0.25, -0.2) is 4.98 Å². The lowest BCUT2D eigenvalue weighted by molar-refractivity contribution is 0.649. The van der Waals surface area contributed by atoms with Crippen LogP contribution >= 0.6 is 0 Å². The molecule has 1 N–H and O–H groups in total. The molecule has 0 spiro atoms. The van der Waals surface area contributed by atoms with Crippen LogP contribution in [0.2, 0.25) is 0 Å². The number of benzene rings is 1. The summed E-state index contributed by atoms with van der Waals surface area (Å²) in [4.78, 5) is 8.49. The number of hydrogen-bond acceptors (Lipinski definition) is 4. The summed E-state index contributed by atoms with van der Waals surface area (Å²) in [5.41, 5.74) is 2.26. The van der Waals surface area contributed by atoms with Gasteiger partial charge < -0.3 is 5.32 Å². The number of hydrogen-bond donors (Lipinski definition) is 1. The maximum atomic E-state index is 4.31. The Kier molecular flexibility index (Phi) is 3.20. The van der Waals surface area contributed by atoms with Crippen molar-refractivity contribution < 1.29 is 0 Å². The average Bonchev–Trinajstić information content (AvgIpc) is 2.84. The van der Waals surface area contributed by atoms with Crippen molar-refractivity contribution in [1.82, 2.24) is 25.1 Å². The van der Waals surface area contributed by atoms with Crippen LogP contribution in [-0.4, -0.2) is 19.7 Å². The van der Waals surface area contributed by atoms with E-state index in [1.165, 1.54) is 5.56 Å². The van der Waals surface area contributed by atoms with Crippen LogP contribution in [0.3, 0.4) is 0 Å². The zero-order valence-electron chi connectivity index (χ0n) is 10.7. The first-order valence-corrected chi connectivity index (χ1v) is 6.20. The Morgan fingerprint density at radius 3 is 2.95 bits per heavy atom. The van der Waals surface area contributed by atoms with Gasteiger partial charge in [-0.2, -0.15) is 5.10 Å². The van der Waals surface area contributed by atoms with Crippen molar-refractivity contribution in [3.8, 4) is 0 Å². The summed E-state index contributed by atoms with van der Waals surface area (Å²) in [5, 5.41) is 8.73. The van der Waals surface area contributed by atoms with Crippen molar-refractivity contribution in [3.05, 3.63) is 54.2 Å². The van der Waals surface area contributed by atoms with Gasteiger partial charge in [-0.05, 0) is 23.8 Å². The molecule has 3 aromatic rings. The molecule has 0 bridgehead atoms. The molecule has 2 aromatic heterocycles. The minimum absolute atomic E-state index is 0.673. The molecule has 0 saturated carbocycles. The highest BCUT2D eigenvalue weighted by atomic mass is 15.3. The van der Waals surface area contributed by atoms with E-state index in [0.717, 1.165) is 23.3 Å². The fourth-order valence-corrected chi connectivity index (χ4v) is 2.02. The molecule has 0 aliphatic rings. The number of rotatable bonds is 4. The summed E-state index contributed by atoms with van der Waals surface area (Å²) in [6.45, 7) is 1.47. The third-order valence-corrected chi connectivity index (χ3v) is 2.93. The fraction of sp³-hybridized carbons (Fsp3) is 0.214. The van der Waals surface area contributed by atoms with E-state index in [-0.39, 0.29) is 0 Å². The molecule has 0 unspecified atom stereocenters. The highest BCUT2D eigenvalue weighted by Gasteiger charge is 2.00. The van der Waals surface area contributed by atoms with Gasteiger partial charge >= 0.3 is 0 Å². The van der Waals surface area contributed by atoms with Gasteiger partial charge in [-0.1, -0.05) is 12.1 Å². The topological polar surface area (TPSA) is 55.6 Å². The Hall–Kier alpha value is -2.27. The third-order valence-electron chi connectivity index (χ3n) is 2.93. The minimum atomic E-state index is 0.673. The molecule has 3 rings (SSSR count). The standard InChI is InChI=1S/C14H15N5/c1-19-10-17-14(18-19)9-15-8-11-4-5-13-12(7-11)3-2-6-16-13/h2-7,10,15H,8-9H2,1H3. The average molecular weight is 253 g/mol. The zero-order valence-corrected chi connectivity index (χ0v) is 10.7. The number of pyridine rings is 1. The number of nitrogens with zero attached hydrogens (tertiary/aromatic N) is 4. The quantitative estimate of drug-likeness (QED) is 0.768. The molecule has 1 aromatic carbocycles. The first kappa shape index (κ1) is 11.8. The molecule has 0 amide bonds. The summed E-state index contributed by atoms with van der Waals surface area (Å²) in [6.07, 6.45) is 3.52. The smallest absolute Gasteiger partial charge is 0.164 e. The summed E-state index contributed by atoms with van der Waals surface area (Å²) >= 11 is 0. The molecule has 19 heavy (non-hydrogen) atoms. The second-order valence-corrected chi connectivity index (χ2v) is 4.47. The predicted octanol–water partition coefficient (Wildman–Crippen LogP) is 1.65. The third kappa shape index (κ3) is 2.77. The van der Waals surface area contributed by atoms with Gasteiger partial charge in [0.1, 0.15) is 6.33 Å². The molecule has 96 valence electrons. The van der Waals surface area contributed by atoms with Crippen molar-refractivity contribution >= 4 is 10.9 Å². The lowest BCUT2D eigenvalue weighted by Gasteiger charge is -2.04. The van der Waals surface area contributed by atoms with Crippen molar-refractivity contribution in [1.29, 1.82) is 0 Å².